The molecule has 1 atom stereocenters. The number of cyclic esters (lactones) is 1. The summed E-state index contributed by atoms with van der Waals surface area (Å²) in [4.78, 5) is 24.1. The average Bonchev–Trinajstić information content (AvgIpc) is 3.17. The van der Waals surface area contributed by atoms with Crippen molar-refractivity contribution in [2.45, 2.75) is 24.3 Å². The summed E-state index contributed by atoms with van der Waals surface area (Å²) in [6, 6.07) is 6.67. The first-order chi connectivity index (χ1) is 11.8. The van der Waals surface area contributed by atoms with Crippen molar-refractivity contribution in [1.29, 1.82) is 0 Å². The predicted molar refractivity (Wildman–Crippen MR) is 93.1 cm³/mol. The lowest BCUT2D eigenvalue weighted by atomic mass is 10.3. The van der Waals surface area contributed by atoms with E-state index >= 15 is 0 Å². The fourth-order valence-electron chi connectivity index (χ4n) is 2.32. The number of nitrogens with one attached hydrogen (secondary N) is 2. The Kier molecular flexibility index (Phi) is 4.89. The molecule has 1 amide bonds. The van der Waals surface area contributed by atoms with Crippen molar-refractivity contribution in [3.8, 4) is 0 Å². The quantitative estimate of drug-likeness (QED) is 0.772. The molecule has 1 aliphatic rings. The normalized spacial score (nSPS) is 17.3. The Morgan fingerprint density at radius 1 is 1.28 bits per heavy atom. The number of carbonyl (C=O) groups is 2. The van der Waals surface area contributed by atoms with Crippen molar-refractivity contribution in [1.82, 2.24) is 4.72 Å². The molecule has 0 unspecified atom stereocenters. The molecule has 7 nitrogen and oxygen atoms in total. The van der Waals surface area contributed by atoms with Crippen LogP contribution < -0.4 is 10.0 Å². The lowest BCUT2D eigenvalue weighted by Gasteiger charge is -2.10. The van der Waals surface area contributed by atoms with Gasteiger partial charge in [-0.25, -0.2) is 8.42 Å². The summed E-state index contributed by atoms with van der Waals surface area (Å²) in [6.45, 7) is 2.11. The van der Waals surface area contributed by atoms with E-state index in [0.717, 1.165) is 5.56 Å². The van der Waals surface area contributed by atoms with Crippen LogP contribution in [-0.4, -0.2) is 32.9 Å². The Morgan fingerprint density at radius 3 is 2.56 bits per heavy atom. The van der Waals surface area contributed by atoms with Gasteiger partial charge in [-0.2, -0.15) is 4.72 Å². The zero-order valence-electron chi connectivity index (χ0n) is 13.3. The molecule has 2 heterocycles. The molecule has 1 fully saturated rings. The van der Waals surface area contributed by atoms with E-state index in [9.17, 15) is 18.0 Å². The van der Waals surface area contributed by atoms with Gasteiger partial charge < -0.3 is 10.1 Å². The van der Waals surface area contributed by atoms with E-state index in [4.69, 9.17) is 4.74 Å². The molecule has 0 radical (unpaired) electrons. The predicted octanol–water partition coefficient (Wildman–Crippen LogP) is 1.90. The summed E-state index contributed by atoms with van der Waals surface area (Å²) in [5, 5.41) is 4.59. The van der Waals surface area contributed by atoms with Crippen molar-refractivity contribution in [3.05, 3.63) is 46.2 Å². The number of carbonyl (C=O) groups excluding carboxylic acids is 2. The van der Waals surface area contributed by atoms with E-state index < -0.39 is 22.0 Å². The van der Waals surface area contributed by atoms with Gasteiger partial charge in [0.2, 0.25) is 10.0 Å². The largest absolute Gasteiger partial charge is 0.464 e. The van der Waals surface area contributed by atoms with Crippen LogP contribution in [0.5, 0.6) is 0 Å². The number of thiophene rings is 1. The summed E-state index contributed by atoms with van der Waals surface area (Å²) in [6.07, 6.45) is 0.312. The number of anilines is 1. The number of esters is 1. The maximum absolute atomic E-state index is 12.3. The summed E-state index contributed by atoms with van der Waals surface area (Å²) in [5.74, 6) is -0.820. The van der Waals surface area contributed by atoms with Crippen molar-refractivity contribution < 1.29 is 22.7 Å². The zero-order valence-corrected chi connectivity index (χ0v) is 14.9. The minimum absolute atomic E-state index is 0.0113. The topological polar surface area (TPSA) is 102 Å². The van der Waals surface area contributed by atoms with E-state index in [1.807, 2.05) is 12.3 Å². The van der Waals surface area contributed by atoms with Crippen molar-refractivity contribution in [2.24, 2.45) is 0 Å². The second-order valence-electron chi connectivity index (χ2n) is 5.60. The van der Waals surface area contributed by atoms with Crippen LogP contribution in [0.1, 0.15) is 21.7 Å². The van der Waals surface area contributed by atoms with Crippen molar-refractivity contribution in [2.75, 3.05) is 11.9 Å². The minimum atomic E-state index is -3.83. The third kappa shape index (κ3) is 4.06. The van der Waals surface area contributed by atoms with Crippen LogP contribution >= 0.6 is 11.3 Å². The van der Waals surface area contributed by atoms with E-state index in [-0.39, 0.29) is 17.4 Å². The van der Waals surface area contributed by atoms with Crippen molar-refractivity contribution in [3.63, 3.8) is 0 Å². The van der Waals surface area contributed by atoms with Gasteiger partial charge in [-0.3, -0.25) is 9.59 Å². The van der Waals surface area contributed by atoms with Gasteiger partial charge in [0.1, 0.15) is 6.04 Å². The highest BCUT2D eigenvalue weighted by Gasteiger charge is 2.31. The number of ether oxygens (including phenoxy) is 1. The van der Waals surface area contributed by atoms with Gasteiger partial charge in [0.15, 0.2) is 0 Å². The second kappa shape index (κ2) is 6.95. The van der Waals surface area contributed by atoms with Crippen molar-refractivity contribution >= 4 is 38.9 Å². The van der Waals surface area contributed by atoms with Crippen LogP contribution in [0.15, 0.2) is 40.6 Å². The second-order valence-corrected chi connectivity index (χ2v) is 8.22. The molecule has 132 valence electrons. The Morgan fingerprint density at radius 2 is 2.00 bits per heavy atom. The molecule has 3 rings (SSSR count). The van der Waals surface area contributed by atoms with Crippen LogP contribution in [-0.2, 0) is 19.6 Å². The lowest BCUT2D eigenvalue weighted by Crippen LogP contribution is -2.37. The molecule has 0 spiro atoms. The number of rotatable bonds is 5. The van der Waals surface area contributed by atoms with Gasteiger partial charge in [-0.05, 0) is 48.2 Å². The molecule has 0 aliphatic carbocycles. The van der Waals surface area contributed by atoms with Crippen LogP contribution in [0.2, 0.25) is 0 Å². The number of amides is 1. The lowest BCUT2D eigenvalue weighted by molar-refractivity contribution is -0.139. The molecular weight excluding hydrogens is 364 g/mol. The van der Waals surface area contributed by atoms with E-state index in [2.05, 4.69) is 10.0 Å². The summed E-state index contributed by atoms with van der Waals surface area (Å²) < 4.78 is 31.6. The third-order valence-corrected chi connectivity index (χ3v) is 6.14. The molecule has 1 aromatic heterocycles. The van der Waals surface area contributed by atoms with Crippen LogP contribution in [0, 0.1) is 6.92 Å². The zero-order chi connectivity index (χ0) is 18.0. The fraction of sp³-hybridized carbons (Fsp3) is 0.250. The SMILES string of the molecule is Cc1csc(C(=O)Nc2ccc(S(=O)(=O)N[C@H]3CCOC3=O)cc2)c1. The Hall–Kier alpha value is -2.23. The van der Waals surface area contributed by atoms with Gasteiger partial charge in [-0.1, -0.05) is 0 Å². The van der Waals surface area contributed by atoms with Gasteiger partial charge in [0.25, 0.3) is 5.91 Å². The first-order valence-corrected chi connectivity index (χ1v) is 9.87. The van der Waals surface area contributed by atoms with E-state index in [1.54, 1.807) is 6.07 Å². The van der Waals surface area contributed by atoms with Gasteiger partial charge in [0.05, 0.1) is 16.4 Å². The Labute approximate surface area is 149 Å². The molecule has 2 aromatic rings. The first kappa shape index (κ1) is 17.6. The molecule has 2 N–H and O–H groups in total. The van der Waals surface area contributed by atoms with Crippen LogP contribution in [0.25, 0.3) is 0 Å². The average molecular weight is 380 g/mol. The van der Waals surface area contributed by atoms with E-state index in [0.29, 0.717) is 17.0 Å². The molecule has 1 aliphatic heterocycles. The minimum Gasteiger partial charge on any atom is -0.464 e. The highest BCUT2D eigenvalue weighted by molar-refractivity contribution is 7.89. The molecule has 0 bridgehead atoms. The Bertz CT molecular complexity index is 903. The maximum Gasteiger partial charge on any atom is 0.324 e. The molecule has 1 aromatic carbocycles. The molecular formula is C16H16N2O5S2. The summed E-state index contributed by atoms with van der Waals surface area (Å²) >= 11 is 1.34. The number of hydrogen-bond donors (Lipinski definition) is 2. The third-order valence-electron chi connectivity index (χ3n) is 3.61. The van der Waals surface area contributed by atoms with Gasteiger partial charge in [-0.15, -0.1) is 11.3 Å². The number of hydrogen-bond acceptors (Lipinski definition) is 6. The molecule has 9 heteroatoms. The Balaban J connectivity index is 1.69. The number of sulfonamides is 1. The number of aryl methyl sites for hydroxylation is 1. The molecule has 1 saturated heterocycles. The van der Waals surface area contributed by atoms with Crippen LogP contribution in [0.3, 0.4) is 0 Å². The maximum atomic E-state index is 12.3. The van der Waals surface area contributed by atoms with E-state index in [1.165, 1.54) is 35.6 Å². The first-order valence-electron chi connectivity index (χ1n) is 7.51. The molecule has 0 saturated carbocycles. The van der Waals surface area contributed by atoms with Crippen LogP contribution in [0.4, 0.5) is 5.69 Å². The summed E-state index contributed by atoms with van der Waals surface area (Å²) in [7, 11) is -3.83. The summed E-state index contributed by atoms with van der Waals surface area (Å²) in [5.41, 5.74) is 1.49. The van der Waals surface area contributed by atoms with Gasteiger partial charge >= 0.3 is 5.97 Å². The fourth-order valence-corrected chi connectivity index (χ4v) is 4.33. The molecule has 25 heavy (non-hydrogen) atoms. The monoisotopic (exact) mass is 380 g/mol. The van der Waals surface area contributed by atoms with Gasteiger partial charge in [0, 0.05) is 12.1 Å². The standard InChI is InChI=1S/C16H16N2O5S2/c1-10-8-14(24-9-10)15(19)17-11-2-4-12(5-3-11)25(21,22)18-13-6-7-23-16(13)20/h2-5,8-9,13,18H,6-7H2,1H3,(H,17,19)/t13-/m0/s1. The number of benzene rings is 1. The highest BCUT2D eigenvalue weighted by Crippen LogP contribution is 2.19. The smallest absolute Gasteiger partial charge is 0.324 e. The highest BCUT2D eigenvalue weighted by atomic mass is 32.2.